The van der Waals surface area contributed by atoms with Crippen molar-refractivity contribution in [1.29, 1.82) is 0 Å². The maximum atomic E-state index is 10.6. The van der Waals surface area contributed by atoms with Crippen molar-refractivity contribution in [3.8, 4) is 0 Å². The van der Waals surface area contributed by atoms with Crippen LogP contribution in [0.4, 0.5) is 0 Å². The second-order valence-corrected chi connectivity index (χ2v) is 4.99. The summed E-state index contributed by atoms with van der Waals surface area (Å²) < 4.78 is 12.9. The molecule has 100 valence electrons. The molecule has 1 aliphatic heterocycles. The Balaban J connectivity index is 2.01. The molecule has 0 aliphatic carbocycles. The van der Waals surface area contributed by atoms with E-state index in [0.717, 1.165) is 5.69 Å². The first-order valence-corrected chi connectivity index (χ1v) is 6.71. The number of aliphatic carboxylic acids is 1. The monoisotopic (exact) mass is 272 g/mol. The van der Waals surface area contributed by atoms with Gasteiger partial charge in [0.05, 0.1) is 38.2 Å². The molecular weight excluding hydrogens is 256 g/mol. The highest BCUT2D eigenvalue weighted by atomic mass is 32.2. The number of aromatic nitrogens is 2. The molecule has 1 atom stereocenters. The molecule has 0 bridgehead atoms. The van der Waals surface area contributed by atoms with Gasteiger partial charge in [-0.15, -0.1) is 0 Å². The SMILES string of the molecule is Cc1cnc(SCC(=O)O)n1CC1COCCO1. The molecule has 7 heteroatoms. The van der Waals surface area contributed by atoms with Crippen LogP contribution in [0.15, 0.2) is 11.4 Å². The van der Waals surface area contributed by atoms with E-state index in [-0.39, 0.29) is 11.9 Å². The number of carboxylic acid groups (broad SMARTS) is 1. The standard InChI is InChI=1S/C11H16N2O4S/c1-8-4-12-11(18-7-10(14)15)13(8)5-9-6-16-2-3-17-9/h4,9H,2-3,5-7H2,1H3,(H,14,15). The second-order valence-electron chi connectivity index (χ2n) is 4.04. The molecule has 1 unspecified atom stereocenters. The van der Waals surface area contributed by atoms with E-state index >= 15 is 0 Å². The van der Waals surface area contributed by atoms with Gasteiger partial charge in [0.15, 0.2) is 5.16 Å². The van der Waals surface area contributed by atoms with Crippen molar-refractivity contribution in [3.05, 3.63) is 11.9 Å². The van der Waals surface area contributed by atoms with Crippen molar-refractivity contribution < 1.29 is 19.4 Å². The average Bonchev–Trinajstić information content (AvgIpc) is 2.70. The summed E-state index contributed by atoms with van der Waals surface area (Å²) in [7, 11) is 0. The topological polar surface area (TPSA) is 73.6 Å². The fraction of sp³-hybridized carbons (Fsp3) is 0.636. The largest absolute Gasteiger partial charge is 0.481 e. The number of nitrogens with zero attached hydrogens (tertiary/aromatic N) is 2. The zero-order valence-electron chi connectivity index (χ0n) is 10.2. The first-order chi connectivity index (χ1) is 8.66. The van der Waals surface area contributed by atoms with E-state index in [2.05, 4.69) is 4.98 Å². The van der Waals surface area contributed by atoms with Crippen molar-refractivity contribution in [2.75, 3.05) is 25.6 Å². The zero-order chi connectivity index (χ0) is 13.0. The fourth-order valence-electron chi connectivity index (χ4n) is 1.75. The summed E-state index contributed by atoms with van der Waals surface area (Å²) in [5.41, 5.74) is 0.997. The summed E-state index contributed by atoms with van der Waals surface area (Å²) in [6.45, 7) is 4.41. The lowest BCUT2D eigenvalue weighted by atomic mass is 10.3. The van der Waals surface area contributed by atoms with Crippen molar-refractivity contribution in [2.45, 2.75) is 24.7 Å². The van der Waals surface area contributed by atoms with Gasteiger partial charge in [-0.05, 0) is 6.92 Å². The maximum absolute atomic E-state index is 10.6. The van der Waals surface area contributed by atoms with Crippen LogP contribution in [0.2, 0.25) is 0 Å². The van der Waals surface area contributed by atoms with Crippen LogP contribution in [-0.2, 0) is 20.8 Å². The molecule has 0 aromatic carbocycles. The highest BCUT2D eigenvalue weighted by Gasteiger charge is 2.18. The van der Waals surface area contributed by atoms with Gasteiger partial charge in [-0.25, -0.2) is 4.98 Å². The molecule has 1 aromatic heterocycles. The molecule has 2 rings (SSSR count). The van der Waals surface area contributed by atoms with Gasteiger partial charge in [0.25, 0.3) is 0 Å². The molecule has 1 fully saturated rings. The van der Waals surface area contributed by atoms with Crippen LogP contribution in [0.1, 0.15) is 5.69 Å². The molecule has 1 aromatic rings. The summed E-state index contributed by atoms with van der Waals surface area (Å²) in [5, 5.41) is 9.40. The van der Waals surface area contributed by atoms with Crippen LogP contribution in [-0.4, -0.2) is 52.3 Å². The summed E-state index contributed by atoms with van der Waals surface area (Å²) >= 11 is 1.22. The van der Waals surface area contributed by atoms with Crippen LogP contribution in [0, 0.1) is 6.92 Å². The van der Waals surface area contributed by atoms with Gasteiger partial charge in [0, 0.05) is 11.9 Å². The van der Waals surface area contributed by atoms with Crippen LogP contribution < -0.4 is 0 Å². The number of carbonyl (C=O) groups is 1. The van der Waals surface area contributed by atoms with Gasteiger partial charge >= 0.3 is 5.97 Å². The normalized spacial score (nSPS) is 19.9. The second kappa shape index (κ2) is 6.21. The Kier molecular flexibility index (Phi) is 4.62. The third-order valence-corrected chi connectivity index (χ3v) is 3.59. The number of imidazole rings is 1. The minimum Gasteiger partial charge on any atom is -0.481 e. The Hall–Kier alpha value is -1.05. The number of carboxylic acids is 1. The zero-order valence-corrected chi connectivity index (χ0v) is 11.0. The molecule has 1 saturated heterocycles. The van der Waals surface area contributed by atoms with Crippen LogP contribution >= 0.6 is 11.8 Å². The number of thioether (sulfide) groups is 1. The molecule has 1 N–H and O–H groups in total. The van der Waals surface area contributed by atoms with Gasteiger partial charge in [0.1, 0.15) is 0 Å². The third-order valence-electron chi connectivity index (χ3n) is 2.61. The van der Waals surface area contributed by atoms with E-state index in [0.29, 0.717) is 31.5 Å². The smallest absolute Gasteiger partial charge is 0.313 e. The van der Waals surface area contributed by atoms with Crippen molar-refractivity contribution in [3.63, 3.8) is 0 Å². The van der Waals surface area contributed by atoms with Crippen LogP contribution in [0.5, 0.6) is 0 Å². The predicted octanol–water partition coefficient (Wildman–Crippen LogP) is 0.784. The first kappa shape index (κ1) is 13.4. The Morgan fingerprint density at radius 1 is 1.67 bits per heavy atom. The first-order valence-electron chi connectivity index (χ1n) is 5.73. The number of aryl methyl sites for hydroxylation is 1. The lowest BCUT2D eigenvalue weighted by Crippen LogP contribution is -2.32. The van der Waals surface area contributed by atoms with Gasteiger partial charge in [0.2, 0.25) is 0 Å². The molecule has 0 radical (unpaired) electrons. The quantitative estimate of drug-likeness (QED) is 0.799. The summed E-state index contributed by atoms with van der Waals surface area (Å²) in [6, 6.07) is 0. The van der Waals surface area contributed by atoms with Crippen molar-refractivity contribution in [1.82, 2.24) is 9.55 Å². The molecule has 0 spiro atoms. The van der Waals surface area contributed by atoms with E-state index < -0.39 is 5.97 Å². The van der Waals surface area contributed by atoms with E-state index in [1.807, 2.05) is 11.5 Å². The Bertz CT molecular complexity index is 415. The Morgan fingerprint density at radius 2 is 2.50 bits per heavy atom. The number of ether oxygens (including phenoxy) is 2. The summed E-state index contributed by atoms with van der Waals surface area (Å²) in [5.74, 6) is -0.831. The van der Waals surface area contributed by atoms with Gasteiger partial charge in [-0.1, -0.05) is 11.8 Å². The highest BCUT2D eigenvalue weighted by molar-refractivity contribution is 7.99. The average molecular weight is 272 g/mol. The lowest BCUT2D eigenvalue weighted by molar-refractivity contribution is -0.133. The lowest BCUT2D eigenvalue weighted by Gasteiger charge is -2.24. The van der Waals surface area contributed by atoms with Crippen molar-refractivity contribution >= 4 is 17.7 Å². The third kappa shape index (κ3) is 3.47. The van der Waals surface area contributed by atoms with Gasteiger partial charge in [-0.3, -0.25) is 4.79 Å². The molecule has 6 nitrogen and oxygen atoms in total. The molecule has 2 heterocycles. The van der Waals surface area contributed by atoms with Gasteiger partial charge < -0.3 is 19.1 Å². The maximum Gasteiger partial charge on any atom is 0.313 e. The highest BCUT2D eigenvalue weighted by Crippen LogP contribution is 2.19. The fourth-order valence-corrected chi connectivity index (χ4v) is 2.50. The minimum atomic E-state index is -0.843. The molecule has 18 heavy (non-hydrogen) atoms. The molecule has 1 aliphatic rings. The number of rotatable bonds is 5. The van der Waals surface area contributed by atoms with Crippen molar-refractivity contribution in [2.24, 2.45) is 0 Å². The molecular formula is C11H16N2O4S. The van der Waals surface area contributed by atoms with Crippen LogP contribution in [0.25, 0.3) is 0 Å². The Morgan fingerprint density at radius 3 is 3.17 bits per heavy atom. The van der Waals surface area contributed by atoms with Crippen LogP contribution in [0.3, 0.4) is 0 Å². The Labute approximate surface area is 109 Å². The van der Waals surface area contributed by atoms with E-state index in [1.54, 1.807) is 6.20 Å². The molecule has 0 saturated carbocycles. The van der Waals surface area contributed by atoms with E-state index in [9.17, 15) is 4.79 Å². The van der Waals surface area contributed by atoms with E-state index in [1.165, 1.54) is 11.8 Å². The minimum absolute atomic E-state index is 0.0100. The predicted molar refractivity (Wildman–Crippen MR) is 65.9 cm³/mol. The van der Waals surface area contributed by atoms with E-state index in [4.69, 9.17) is 14.6 Å². The summed E-state index contributed by atoms with van der Waals surface area (Å²) in [6.07, 6.45) is 1.75. The number of hydrogen-bond acceptors (Lipinski definition) is 5. The molecule has 0 amide bonds. The summed E-state index contributed by atoms with van der Waals surface area (Å²) in [4.78, 5) is 14.8. The number of hydrogen-bond donors (Lipinski definition) is 1. The van der Waals surface area contributed by atoms with Gasteiger partial charge in [-0.2, -0.15) is 0 Å².